The molecule has 15 nitrogen and oxygen atoms in total. The van der Waals surface area contributed by atoms with Crippen LogP contribution in [0, 0.1) is 0 Å². The van der Waals surface area contributed by atoms with E-state index >= 15 is 0 Å². The minimum atomic E-state index is -1.25. The molecule has 3 aliphatic heterocycles. The minimum Gasteiger partial charge on any atom is -0.477 e. The number of nitrogens with zero attached hydrogens (tertiary/aromatic N) is 5. The van der Waals surface area contributed by atoms with Gasteiger partial charge in [0, 0.05) is 23.4 Å². The van der Waals surface area contributed by atoms with Crippen LogP contribution in [0.3, 0.4) is 0 Å². The lowest BCUT2D eigenvalue weighted by Crippen LogP contribution is -2.71. The number of amidine groups is 1. The van der Waals surface area contributed by atoms with Crippen molar-refractivity contribution in [2.45, 2.75) is 31.4 Å². The van der Waals surface area contributed by atoms with Gasteiger partial charge in [-0.25, -0.2) is 14.8 Å². The molecule has 0 bridgehead atoms. The van der Waals surface area contributed by atoms with Crippen LogP contribution in [0.5, 0.6) is 0 Å². The Labute approximate surface area is 235 Å². The number of rotatable bonds is 9. The average molecular weight is 597 g/mol. The Hall–Kier alpha value is -3.48. The maximum Gasteiger partial charge on any atom is 0.352 e. The monoisotopic (exact) mass is 596 g/mol. The van der Waals surface area contributed by atoms with Crippen LogP contribution in [0.4, 0.5) is 5.13 Å². The highest BCUT2D eigenvalue weighted by Gasteiger charge is 2.54. The number of thioether (sulfide) groups is 2. The summed E-state index contributed by atoms with van der Waals surface area (Å²) in [7, 11) is 0. The van der Waals surface area contributed by atoms with E-state index in [1.54, 1.807) is 17.2 Å². The fraction of sp³-hybridized carbons (Fsp3) is 0.429. The molecule has 39 heavy (non-hydrogen) atoms. The number of oxime groups is 1. The number of amides is 2. The first-order chi connectivity index (χ1) is 18.6. The predicted octanol–water partition coefficient (Wildman–Crippen LogP) is -0.999. The number of carboxylic acids is 1. The molecule has 2 unspecified atom stereocenters. The summed E-state index contributed by atoms with van der Waals surface area (Å²) in [5.41, 5.74) is 24.4. The lowest BCUT2D eigenvalue weighted by molar-refractivity contribution is -0.150. The summed E-state index contributed by atoms with van der Waals surface area (Å²) < 4.78 is 0. The van der Waals surface area contributed by atoms with E-state index in [2.05, 4.69) is 20.4 Å². The number of anilines is 1. The van der Waals surface area contributed by atoms with Gasteiger partial charge in [-0.1, -0.05) is 16.9 Å². The van der Waals surface area contributed by atoms with Crippen LogP contribution in [0.2, 0.25) is 0 Å². The van der Waals surface area contributed by atoms with Crippen molar-refractivity contribution in [3.8, 4) is 0 Å². The number of carboxylic acid groups (broad SMARTS) is 1. The Bertz CT molecular complexity index is 1310. The second-order valence-corrected chi connectivity index (χ2v) is 11.2. The lowest BCUT2D eigenvalue weighted by Gasteiger charge is -2.49. The molecule has 3 atom stereocenters. The van der Waals surface area contributed by atoms with Gasteiger partial charge in [0.15, 0.2) is 16.0 Å². The third kappa shape index (κ3) is 5.49. The van der Waals surface area contributed by atoms with Gasteiger partial charge in [-0.05, 0) is 19.4 Å². The van der Waals surface area contributed by atoms with Crippen LogP contribution in [0.25, 0.3) is 0 Å². The molecule has 10 N–H and O–H groups in total. The van der Waals surface area contributed by atoms with Crippen LogP contribution in [-0.2, 0) is 19.2 Å². The van der Waals surface area contributed by atoms with Crippen molar-refractivity contribution in [1.29, 1.82) is 0 Å². The van der Waals surface area contributed by atoms with E-state index in [4.69, 9.17) is 27.8 Å². The Morgan fingerprint density at radius 2 is 2.08 bits per heavy atom. The number of thiazole rings is 1. The molecule has 4 heterocycles. The van der Waals surface area contributed by atoms with Gasteiger partial charge in [0.2, 0.25) is 0 Å². The first-order valence-electron chi connectivity index (χ1n) is 11.7. The van der Waals surface area contributed by atoms with Crippen LogP contribution >= 0.6 is 34.9 Å². The van der Waals surface area contributed by atoms with Crippen molar-refractivity contribution < 1.29 is 24.3 Å². The highest BCUT2D eigenvalue weighted by molar-refractivity contribution is 8.14. The Kier molecular flexibility index (Phi) is 8.57. The Balaban J connectivity index is 1.50. The van der Waals surface area contributed by atoms with Gasteiger partial charge in [-0.2, -0.15) is 0 Å². The number of nitrogen functional groups attached to an aromatic ring is 1. The molecule has 1 aromatic rings. The first-order valence-corrected chi connectivity index (χ1v) is 14.6. The van der Waals surface area contributed by atoms with Crippen LogP contribution < -0.4 is 28.3 Å². The van der Waals surface area contributed by atoms with E-state index in [-0.39, 0.29) is 46.1 Å². The largest absolute Gasteiger partial charge is 0.477 e. The molecule has 210 valence electrons. The molecule has 1 saturated heterocycles. The SMILES string of the molecule is CCO/N=C(\C(=O)NC1C(=O)N2C(C(=O)O)=C(CSC3=NC(N)=C(N)C(N)N3CC)CS[C@@H]12)c1csc(N)n1. The lowest BCUT2D eigenvalue weighted by atomic mass is 10.0. The summed E-state index contributed by atoms with van der Waals surface area (Å²) in [6.07, 6.45) is -0.647. The smallest absolute Gasteiger partial charge is 0.352 e. The Morgan fingerprint density at radius 3 is 2.69 bits per heavy atom. The van der Waals surface area contributed by atoms with Gasteiger partial charge in [0.05, 0.1) is 5.70 Å². The molecule has 1 fully saturated rings. The van der Waals surface area contributed by atoms with E-state index in [1.807, 2.05) is 6.92 Å². The fourth-order valence-electron chi connectivity index (χ4n) is 4.00. The molecule has 2 amide bonds. The van der Waals surface area contributed by atoms with Gasteiger partial charge in [-0.3, -0.25) is 14.5 Å². The zero-order chi connectivity index (χ0) is 28.4. The molecular weight excluding hydrogens is 568 g/mol. The van der Waals surface area contributed by atoms with Gasteiger partial charge >= 0.3 is 5.97 Å². The first kappa shape index (κ1) is 28.5. The summed E-state index contributed by atoms with van der Waals surface area (Å²) >= 11 is 3.72. The van der Waals surface area contributed by atoms with Crippen molar-refractivity contribution in [1.82, 2.24) is 20.1 Å². The number of nitrogens with two attached hydrogens (primary N) is 4. The number of fused-ring (bicyclic) bond motifs is 1. The zero-order valence-corrected chi connectivity index (χ0v) is 23.4. The van der Waals surface area contributed by atoms with Gasteiger partial charge < -0.3 is 43.1 Å². The number of nitrogens with one attached hydrogen (secondary N) is 1. The number of hydrogen-bond acceptors (Lipinski definition) is 15. The second kappa shape index (κ2) is 11.7. The minimum absolute atomic E-state index is 0.115. The van der Waals surface area contributed by atoms with E-state index < -0.39 is 35.4 Å². The zero-order valence-electron chi connectivity index (χ0n) is 21.0. The number of carbonyl (C=O) groups excluding carboxylic acids is 2. The summed E-state index contributed by atoms with van der Waals surface area (Å²) in [4.78, 5) is 54.7. The summed E-state index contributed by atoms with van der Waals surface area (Å²) in [5, 5.41) is 18.1. The van der Waals surface area contributed by atoms with Crippen molar-refractivity contribution in [2.24, 2.45) is 27.3 Å². The molecule has 4 rings (SSSR count). The topological polar surface area (TPSA) is 241 Å². The quantitative estimate of drug-likeness (QED) is 0.114. The molecule has 3 aliphatic rings. The van der Waals surface area contributed by atoms with Crippen molar-refractivity contribution in [3.63, 3.8) is 0 Å². The molecule has 1 aromatic heterocycles. The second-order valence-electron chi connectivity index (χ2n) is 8.30. The average Bonchev–Trinajstić information content (AvgIpc) is 3.34. The molecule has 0 saturated carbocycles. The van der Waals surface area contributed by atoms with Gasteiger partial charge in [0.1, 0.15) is 41.4 Å². The van der Waals surface area contributed by atoms with E-state index in [0.29, 0.717) is 23.0 Å². The number of aromatic nitrogens is 1. The molecule has 0 aliphatic carbocycles. The number of hydrogen-bond donors (Lipinski definition) is 6. The molecule has 0 spiro atoms. The van der Waals surface area contributed by atoms with Crippen LogP contribution in [0.15, 0.2) is 38.3 Å². The van der Waals surface area contributed by atoms with Crippen LogP contribution in [-0.4, -0.2) is 90.8 Å². The number of β-lactam (4-membered cyclic amide) rings is 1. The van der Waals surface area contributed by atoms with E-state index in [9.17, 15) is 19.5 Å². The summed E-state index contributed by atoms with van der Waals surface area (Å²) in [5.74, 6) is -1.83. The number of aliphatic carboxylic acids is 1. The number of likely N-dealkylation sites (N-methyl/N-ethyl adjacent to an activating group) is 1. The molecular formula is C21H28N10O5S3. The van der Waals surface area contributed by atoms with Gasteiger partial charge in [-0.15, -0.1) is 23.1 Å². The predicted molar refractivity (Wildman–Crippen MR) is 150 cm³/mol. The van der Waals surface area contributed by atoms with E-state index in [1.165, 1.54) is 28.4 Å². The summed E-state index contributed by atoms with van der Waals surface area (Å²) in [6, 6.07) is -0.960. The van der Waals surface area contributed by atoms with Crippen molar-refractivity contribution in [3.05, 3.63) is 33.9 Å². The third-order valence-corrected chi connectivity index (χ3v) is 9.02. The molecule has 0 aromatic carbocycles. The maximum absolute atomic E-state index is 13.1. The Morgan fingerprint density at radius 1 is 1.33 bits per heavy atom. The molecule has 0 radical (unpaired) electrons. The number of carbonyl (C=O) groups is 3. The molecule has 18 heteroatoms. The third-order valence-electron chi connectivity index (χ3n) is 5.93. The maximum atomic E-state index is 13.1. The van der Waals surface area contributed by atoms with Gasteiger partial charge in [0.25, 0.3) is 11.8 Å². The van der Waals surface area contributed by atoms with Crippen molar-refractivity contribution in [2.75, 3.05) is 30.4 Å². The fourth-order valence-corrected chi connectivity index (χ4v) is 7.14. The summed E-state index contributed by atoms with van der Waals surface area (Å²) in [6.45, 7) is 4.31. The highest BCUT2D eigenvalue weighted by atomic mass is 32.2. The number of aliphatic imine (C=N–C) groups is 1. The normalized spacial score (nSPS) is 23.4. The van der Waals surface area contributed by atoms with Crippen molar-refractivity contribution >= 4 is 68.7 Å². The van der Waals surface area contributed by atoms with Crippen LogP contribution in [0.1, 0.15) is 19.5 Å². The standard InChI is InChI=1S/C21H28N10O5S3/c1-3-30-15(24)10(22)14(23)28-21(30)39-6-8-5-37-18-12(17(33)31(18)13(8)19(34)35)27-16(32)11(29-36-4-2)9-7-38-20(25)26-9/h7,12,15,18H,3-6,22-24H2,1-2H3,(H2,25,26)(H,27,32)(H,34,35)/b29-11-/t12?,15?,18-/m0/s1. The highest BCUT2D eigenvalue weighted by Crippen LogP contribution is 2.41. The van der Waals surface area contributed by atoms with E-state index in [0.717, 1.165) is 11.3 Å².